The Hall–Kier alpha value is -1.33. The highest BCUT2D eigenvalue weighted by molar-refractivity contribution is 5.85. The predicted octanol–water partition coefficient (Wildman–Crippen LogP) is 1.41. The average Bonchev–Trinajstić information content (AvgIpc) is 2.04. The van der Waals surface area contributed by atoms with Crippen molar-refractivity contribution in [3.05, 3.63) is 33.9 Å². The third kappa shape index (κ3) is 2.19. The number of nitro groups is 1. The van der Waals surface area contributed by atoms with Gasteiger partial charge in [-0.05, 0) is 11.6 Å². The minimum atomic E-state index is -0.565. The Morgan fingerprint density at radius 3 is 2.60 bits per heavy atom. The molecule has 0 saturated carbocycles. The van der Waals surface area contributed by atoms with Gasteiger partial charge in [0.05, 0.1) is 4.92 Å². The number of phenols is 1. The van der Waals surface area contributed by atoms with E-state index in [-0.39, 0.29) is 23.8 Å². The fourth-order valence-corrected chi connectivity index (χ4v) is 1.47. The van der Waals surface area contributed by atoms with Crippen LogP contribution in [0.25, 0.3) is 0 Å². The van der Waals surface area contributed by atoms with Crippen LogP contribution in [0.15, 0.2) is 18.2 Å². The Labute approximate surface area is 92.7 Å². The van der Waals surface area contributed by atoms with Crippen molar-refractivity contribution in [1.82, 2.24) is 5.32 Å². The van der Waals surface area contributed by atoms with Crippen LogP contribution in [0.3, 0.4) is 0 Å². The van der Waals surface area contributed by atoms with E-state index < -0.39 is 4.92 Å². The lowest BCUT2D eigenvalue weighted by Crippen LogP contribution is -2.39. The molecule has 0 atom stereocenters. The topological polar surface area (TPSA) is 75.4 Å². The number of nitrogens with one attached hydrogen (secondary N) is 1. The second kappa shape index (κ2) is 4.46. The maximum Gasteiger partial charge on any atom is 0.310 e. The minimum absolute atomic E-state index is 0. The van der Waals surface area contributed by atoms with Crippen LogP contribution in [0.2, 0.25) is 0 Å². The SMILES string of the molecule is Cl.O=[N+]([O-])c1cc(C2CNC2)ccc1O. The molecule has 1 aromatic rings. The molecule has 1 aliphatic rings. The molecule has 0 spiro atoms. The molecule has 1 saturated heterocycles. The van der Waals surface area contributed by atoms with E-state index in [0.717, 1.165) is 18.7 Å². The van der Waals surface area contributed by atoms with Crippen molar-refractivity contribution in [1.29, 1.82) is 0 Å². The number of aromatic hydroxyl groups is 1. The van der Waals surface area contributed by atoms with Gasteiger partial charge in [-0.15, -0.1) is 12.4 Å². The minimum Gasteiger partial charge on any atom is -0.502 e. The third-order valence-electron chi connectivity index (χ3n) is 2.45. The zero-order valence-corrected chi connectivity index (χ0v) is 8.66. The number of benzene rings is 1. The number of hydrogen-bond donors (Lipinski definition) is 2. The first-order chi connectivity index (χ1) is 6.68. The highest BCUT2D eigenvalue weighted by Gasteiger charge is 2.22. The summed E-state index contributed by atoms with van der Waals surface area (Å²) < 4.78 is 0. The van der Waals surface area contributed by atoms with Crippen LogP contribution in [0.1, 0.15) is 11.5 Å². The molecular formula is C9H11ClN2O3. The molecule has 0 bridgehead atoms. The molecule has 0 aromatic heterocycles. The zero-order chi connectivity index (χ0) is 10.1. The zero-order valence-electron chi connectivity index (χ0n) is 7.84. The van der Waals surface area contributed by atoms with Gasteiger partial charge >= 0.3 is 5.69 Å². The number of hydrogen-bond acceptors (Lipinski definition) is 4. The summed E-state index contributed by atoms with van der Waals surface area (Å²) in [7, 11) is 0. The Bertz CT molecular complexity index is 380. The van der Waals surface area contributed by atoms with Crippen molar-refractivity contribution in [3.63, 3.8) is 0 Å². The largest absolute Gasteiger partial charge is 0.502 e. The highest BCUT2D eigenvalue weighted by Crippen LogP contribution is 2.30. The first kappa shape index (κ1) is 11.7. The second-order valence-corrected chi connectivity index (χ2v) is 3.36. The van der Waals surface area contributed by atoms with E-state index >= 15 is 0 Å². The second-order valence-electron chi connectivity index (χ2n) is 3.36. The summed E-state index contributed by atoms with van der Waals surface area (Å²) in [6.07, 6.45) is 0. The molecule has 15 heavy (non-hydrogen) atoms. The lowest BCUT2D eigenvalue weighted by atomic mass is 9.93. The Morgan fingerprint density at radius 1 is 1.47 bits per heavy atom. The molecule has 1 aromatic carbocycles. The quantitative estimate of drug-likeness (QED) is 0.595. The summed E-state index contributed by atoms with van der Waals surface area (Å²) in [5.74, 6) is 0.0698. The van der Waals surface area contributed by atoms with Crippen LogP contribution >= 0.6 is 12.4 Å². The fraction of sp³-hybridized carbons (Fsp3) is 0.333. The smallest absolute Gasteiger partial charge is 0.310 e. The highest BCUT2D eigenvalue weighted by atomic mass is 35.5. The van der Waals surface area contributed by atoms with Crippen LogP contribution in [-0.4, -0.2) is 23.1 Å². The molecule has 82 valence electrons. The van der Waals surface area contributed by atoms with Crippen LogP contribution in [-0.2, 0) is 0 Å². The molecule has 0 amide bonds. The maximum absolute atomic E-state index is 10.5. The monoisotopic (exact) mass is 230 g/mol. The molecule has 0 unspecified atom stereocenters. The summed E-state index contributed by atoms with van der Waals surface area (Å²) >= 11 is 0. The molecule has 6 heteroatoms. The van der Waals surface area contributed by atoms with Crippen molar-refractivity contribution < 1.29 is 10.0 Å². The average molecular weight is 231 g/mol. The number of halogens is 1. The van der Waals surface area contributed by atoms with Gasteiger partial charge in [0.1, 0.15) is 0 Å². The normalized spacial score (nSPS) is 15.2. The summed E-state index contributed by atoms with van der Waals surface area (Å²) in [6, 6.07) is 4.56. The molecule has 0 aliphatic carbocycles. The maximum atomic E-state index is 10.5. The predicted molar refractivity (Wildman–Crippen MR) is 57.6 cm³/mol. The number of phenolic OH excluding ortho intramolecular Hbond substituents is 1. The summed E-state index contributed by atoms with van der Waals surface area (Å²) in [5, 5.41) is 22.8. The molecule has 2 N–H and O–H groups in total. The van der Waals surface area contributed by atoms with Gasteiger partial charge in [0, 0.05) is 25.1 Å². The van der Waals surface area contributed by atoms with E-state index in [9.17, 15) is 15.2 Å². The van der Waals surface area contributed by atoms with E-state index in [0.29, 0.717) is 5.92 Å². The Morgan fingerprint density at radius 2 is 2.13 bits per heavy atom. The van der Waals surface area contributed by atoms with Gasteiger partial charge in [-0.3, -0.25) is 10.1 Å². The number of rotatable bonds is 2. The fourth-order valence-electron chi connectivity index (χ4n) is 1.47. The van der Waals surface area contributed by atoms with E-state index in [2.05, 4.69) is 5.32 Å². The summed E-state index contributed by atoms with van der Waals surface area (Å²) in [5.41, 5.74) is 0.697. The lowest BCUT2D eigenvalue weighted by molar-refractivity contribution is -0.385. The van der Waals surface area contributed by atoms with Gasteiger partial charge in [0.2, 0.25) is 0 Å². The van der Waals surface area contributed by atoms with Gasteiger partial charge in [0.25, 0.3) is 0 Å². The van der Waals surface area contributed by atoms with Crippen molar-refractivity contribution in [2.45, 2.75) is 5.92 Å². The number of nitrogens with zero attached hydrogens (tertiary/aromatic N) is 1. The van der Waals surface area contributed by atoms with Crippen LogP contribution in [0, 0.1) is 10.1 Å². The van der Waals surface area contributed by atoms with Gasteiger partial charge in [-0.1, -0.05) is 6.07 Å². The van der Waals surface area contributed by atoms with Gasteiger partial charge < -0.3 is 10.4 Å². The van der Waals surface area contributed by atoms with Crippen LogP contribution < -0.4 is 5.32 Å². The van der Waals surface area contributed by atoms with Crippen molar-refractivity contribution in [2.24, 2.45) is 0 Å². The van der Waals surface area contributed by atoms with Crippen LogP contribution in [0.5, 0.6) is 5.75 Å². The Balaban J connectivity index is 0.00000112. The standard InChI is InChI=1S/C9H10N2O3.ClH/c12-9-2-1-6(7-4-10-5-7)3-8(9)11(13)14;/h1-3,7,10,12H,4-5H2;1H. The lowest BCUT2D eigenvalue weighted by Gasteiger charge is -2.27. The third-order valence-corrected chi connectivity index (χ3v) is 2.45. The number of nitro benzene ring substituents is 1. The van der Waals surface area contributed by atoms with E-state index in [1.165, 1.54) is 12.1 Å². The van der Waals surface area contributed by atoms with Crippen LogP contribution in [0.4, 0.5) is 5.69 Å². The Kier molecular flexibility index (Phi) is 3.49. The van der Waals surface area contributed by atoms with E-state index in [1.54, 1.807) is 6.07 Å². The molecule has 5 nitrogen and oxygen atoms in total. The van der Waals surface area contributed by atoms with E-state index in [1.807, 2.05) is 0 Å². The summed E-state index contributed by atoms with van der Waals surface area (Å²) in [6.45, 7) is 1.70. The molecular weight excluding hydrogens is 220 g/mol. The molecule has 1 heterocycles. The van der Waals surface area contributed by atoms with Gasteiger partial charge in [0.15, 0.2) is 5.75 Å². The first-order valence-electron chi connectivity index (χ1n) is 4.36. The molecule has 1 aliphatic heterocycles. The van der Waals surface area contributed by atoms with Crippen molar-refractivity contribution in [2.75, 3.05) is 13.1 Å². The first-order valence-corrected chi connectivity index (χ1v) is 4.36. The molecule has 0 radical (unpaired) electrons. The van der Waals surface area contributed by atoms with Gasteiger partial charge in [-0.2, -0.15) is 0 Å². The van der Waals surface area contributed by atoms with Crippen molar-refractivity contribution in [3.8, 4) is 5.75 Å². The molecule has 2 rings (SSSR count). The van der Waals surface area contributed by atoms with Crippen molar-refractivity contribution >= 4 is 18.1 Å². The van der Waals surface area contributed by atoms with Gasteiger partial charge in [-0.25, -0.2) is 0 Å². The summed E-state index contributed by atoms with van der Waals surface area (Å²) in [4.78, 5) is 9.97. The van der Waals surface area contributed by atoms with E-state index in [4.69, 9.17) is 0 Å². The molecule has 1 fully saturated rings.